The molecule has 27 heavy (non-hydrogen) atoms. The molecule has 1 aromatic carbocycles. The van der Waals surface area contributed by atoms with E-state index in [0.29, 0.717) is 22.0 Å². The van der Waals surface area contributed by atoms with Gasteiger partial charge in [-0.25, -0.2) is 9.48 Å². The summed E-state index contributed by atoms with van der Waals surface area (Å²) in [4.78, 5) is 25.2. The fourth-order valence-corrected chi connectivity index (χ4v) is 3.43. The lowest BCUT2D eigenvalue weighted by Crippen LogP contribution is -2.21. The molecular weight excluding hydrogens is 370 g/mol. The highest BCUT2D eigenvalue weighted by Crippen LogP contribution is 2.32. The smallest absolute Gasteiger partial charge is 0.341 e. The van der Waals surface area contributed by atoms with Crippen LogP contribution in [0.2, 0.25) is 0 Å². The van der Waals surface area contributed by atoms with Crippen molar-refractivity contribution in [2.45, 2.75) is 13.8 Å². The maximum absolute atomic E-state index is 12.3. The normalized spacial score (nSPS) is 10.5. The number of hydrogen-bond donors (Lipinski definition) is 1. The number of aryl methyl sites for hydroxylation is 1. The van der Waals surface area contributed by atoms with Crippen molar-refractivity contribution in [3.63, 3.8) is 0 Å². The number of ether oxygens (including phenoxy) is 2. The molecule has 0 atom stereocenters. The van der Waals surface area contributed by atoms with Gasteiger partial charge in [-0.2, -0.15) is 0 Å². The molecule has 0 aliphatic heterocycles. The molecule has 0 aliphatic rings. The second kappa shape index (κ2) is 7.96. The van der Waals surface area contributed by atoms with Gasteiger partial charge in [0, 0.05) is 10.9 Å². The van der Waals surface area contributed by atoms with Gasteiger partial charge in [0.2, 0.25) is 0 Å². The number of nitrogens with one attached hydrogen (secondary N) is 1. The standard InChI is InChI=1S/C17H17N5O4S/c1-10-11(2)27-16(15(10)17(24)25-3)19-14(23)8-26-13-6-4-5-12(7-13)22-9-18-20-21-22/h4-7,9H,8H2,1-3H3,(H,19,23). The molecule has 0 aliphatic carbocycles. The Morgan fingerprint density at radius 2 is 2.11 bits per heavy atom. The Hall–Kier alpha value is -3.27. The lowest BCUT2D eigenvalue weighted by Gasteiger charge is -2.09. The first-order chi connectivity index (χ1) is 13.0. The van der Waals surface area contributed by atoms with Gasteiger partial charge in [0.15, 0.2) is 6.61 Å². The SMILES string of the molecule is COC(=O)c1c(NC(=O)COc2cccc(-n3cnnn3)c2)sc(C)c1C. The molecule has 0 bridgehead atoms. The van der Waals surface area contributed by atoms with E-state index in [4.69, 9.17) is 9.47 Å². The van der Waals surface area contributed by atoms with Gasteiger partial charge >= 0.3 is 5.97 Å². The number of carbonyl (C=O) groups is 2. The van der Waals surface area contributed by atoms with E-state index in [2.05, 4.69) is 20.8 Å². The Kier molecular flexibility index (Phi) is 5.46. The van der Waals surface area contributed by atoms with E-state index in [9.17, 15) is 9.59 Å². The molecule has 2 aromatic heterocycles. The van der Waals surface area contributed by atoms with Crippen LogP contribution >= 0.6 is 11.3 Å². The maximum atomic E-state index is 12.3. The molecule has 0 unspecified atom stereocenters. The van der Waals surface area contributed by atoms with Crippen LogP contribution in [0.4, 0.5) is 5.00 Å². The fraction of sp³-hybridized carbons (Fsp3) is 0.235. The lowest BCUT2D eigenvalue weighted by molar-refractivity contribution is -0.118. The minimum Gasteiger partial charge on any atom is -0.484 e. The molecule has 10 heteroatoms. The molecule has 0 spiro atoms. The number of anilines is 1. The number of methoxy groups -OCH3 is 1. The van der Waals surface area contributed by atoms with Gasteiger partial charge < -0.3 is 14.8 Å². The van der Waals surface area contributed by atoms with Crippen LogP contribution in [0.1, 0.15) is 20.8 Å². The summed E-state index contributed by atoms with van der Waals surface area (Å²) in [7, 11) is 1.31. The van der Waals surface area contributed by atoms with E-state index >= 15 is 0 Å². The van der Waals surface area contributed by atoms with Crippen molar-refractivity contribution in [2.75, 3.05) is 19.0 Å². The highest BCUT2D eigenvalue weighted by atomic mass is 32.1. The van der Waals surface area contributed by atoms with Crippen LogP contribution < -0.4 is 10.1 Å². The third-order valence-corrected chi connectivity index (χ3v) is 4.95. The number of thiophene rings is 1. The molecule has 0 radical (unpaired) electrons. The summed E-state index contributed by atoms with van der Waals surface area (Å²) in [6.07, 6.45) is 1.46. The van der Waals surface area contributed by atoms with Crippen molar-refractivity contribution in [1.29, 1.82) is 0 Å². The Morgan fingerprint density at radius 1 is 1.30 bits per heavy atom. The molecule has 1 amide bonds. The number of carbonyl (C=O) groups excluding carboxylic acids is 2. The predicted octanol–water partition coefficient (Wildman–Crippen LogP) is 2.14. The maximum Gasteiger partial charge on any atom is 0.341 e. The first kappa shape index (κ1) is 18.5. The van der Waals surface area contributed by atoms with Crippen molar-refractivity contribution < 1.29 is 19.1 Å². The van der Waals surface area contributed by atoms with E-state index < -0.39 is 5.97 Å². The quantitative estimate of drug-likeness (QED) is 0.646. The predicted molar refractivity (Wildman–Crippen MR) is 98.4 cm³/mol. The molecule has 1 N–H and O–H groups in total. The average molecular weight is 387 g/mol. The average Bonchev–Trinajstić information content (AvgIpc) is 3.29. The summed E-state index contributed by atoms with van der Waals surface area (Å²) in [5.41, 5.74) is 1.86. The number of esters is 1. The number of aromatic nitrogens is 4. The topological polar surface area (TPSA) is 108 Å². The molecular formula is C17H17N5O4S. The van der Waals surface area contributed by atoms with Gasteiger partial charge in [-0.3, -0.25) is 4.79 Å². The van der Waals surface area contributed by atoms with Gasteiger partial charge in [-0.05, 0) is 42.0 Å². The van der Waals surface area contributed by atoms with Crippen LogP contribution in [0, 0.1) is 13.8 Å². The van der Waals surface area contributed by atoms with Crippen LogP contribution in [0.15, 0.2) is 30.6 Å². The fourth-order valence-electron chi connectivity index (χ4n) is 2.37. The largest absolute Gasteiger partial charge is 0.484 e. The van der Waals surface area contributed by atoms with Crippen molar-refractivity contribution in [2.24, 2.45) is 0 Å². The molecule has 0 fully saturated rings. The van der Waals surface area contributed by atoms with Gasteiger partial charge in [0.05, 0.1) is 18.4 Å². The number of tetrazole rings is 1. The number of nitrogens with zero attached hydrogens (tertiary/aromatic N) is 4. The highest BCUT2D eigenvalue weighted by molar-refractivity contribution is 7.16. The van der Waals surface area contributed by atoms with Crippen LogP contribution in [-0.4, -0.2) is 45.8 Å². The molecule has 3 rings (SSSR count). The number of amides is 1. The summed E-state index contributed by atoms with van der Waals surface area (Å²) in [5, 5.41) is 14.1. The number of benzene rings is 1. The Morgan fingerprint density at radius 3 is 2.81 bits per heavy atom. The second-order valence-corrected chi connectivity index (χ2v) is 6.79. The summed E-state index contributed by atoms with van der Waals surface area (Å²) >= 11 is 1.32. The molecule has 2 heterocycles. The number of rotatable bonds is 6. The molecule has 3 aromatic rings. The lowest BCUT2D eigenvalue weighted by atomic mass is 10.1. The summed E-state index contributed by atoms with van der Waals surface area (Å²) < 4.78 is 11.8. The third kappa shape index (κ3) is 4.11. The van der Waals surface area contributed by atoms with E-state index in [1.54, 1.807) is 18.2 Å². The third-order valence-electron chi connectivity index (χ3n) is 3.83. The zero-order valence-corrected chi connectivity index (χ0v) is 15.7. The van der Waals surface area contributed by atoms with Gasteiger partial charge in [0.1, 0.15) is 17.1 Å². The summed E-state index contributed by atoms with van der Waals surface area (Å²) in [6.45, 7) is 3.48. The summed E-state index contributed by atoms with van der Waals surface area (Å²) in [6, 6.07) is 7.01. The minimum atomic E-state index is -0.484. The van der Waals surface area contributed by atoms with Crippen molar-refractivity contribution in [3.8, 4) is 11.4 Å². The highest BCUT2D eigenvalue weighted by Gasteiger charge is 2.21. The van der Waals surface area contributed by atoms with Gasteiger partial charge in [0.25, 0.3) is 5.91 Å². The van der Waals surface area contributed by atoms with Crippen molar-refractivity contribution in [3.05, 3.63) is 46.6 Å². The van der Waals surface area contributed by atoms with Crippen LogP contribution in [0.3, 0.4) is 0 Å². The van der Waals surface area contributed by atoms with E-state index in [0.717, 1.165) is 10.4 Å². The first-order valence-electron chi connectivity index (χ1n) is 7.94. The van der Waals surface area contributed by atoms with Crippen LogP contribution in [0.25, 0.3) is 5.69 Å². The number of hydrogen-bond acceptors (Lipinski definition) is 8. The molecule has 140 valence electrons. The van der Waals surface area contributed by atoms with E-state index in [1.807, 2.05) is 19.9 Å². The molecule has 0 saturated heterocycles. The van der Waals surface area contributed by atoms with Gasteiger partial charge in [-0.15, -0.1) is 16.4 Å². The minimum absolute atomic E-state index is 0.213. The van der Waals surface area contributed by atoms with E-state index in [1.165, 1.54) is 29.5 Å². The van der Waals surface area contributed by atoms with E-state index in [-0.39, 0.29) is 12.5 Å². The zero-order chi connectivity index (χ0) is 19.4. The summed E-state index contributed by atoms with van der Waals surface area (Å²) in [5.74, 6) is -0.374. The Bertz CT molecular complexity index is 968. The van der Waals surface area contributed by atoms with Crippen molar-refractivity contribution in [1.82, 2.24) is 20.2 Å². The van der Waals surface area contributed by atoms with Crippen LogP contribution in [-0.2, 0) is 9.53 Å². The monoisotopic (exact) mass is 387 g/mol. The Balaban J connectivity index is 1.67. The van der Waals surface area contributed by atoms with Crippen molar-refractivity contribution >= 4 is 28.2 Å². The first-order valence-corrected chi connectivity index (χ1v) is 8.75. The molecule has 9 nitrogen and oxygen atoms in total. The zero-order valence-electron chi connectivity index (χ0n) is 14.9. The second-order valence-electron chi connectivity index (χ2n) is 5.57. The van der Waals surface area contributed by atoms with Gasteiger partial charge in [-0.1, -0.05) is 6.07 Å². The molecule has 0 saturated carbocycles. The van der Waals surface area contributed by atoms with Crippen LogP contribution in [0.5, 0.6) is 5.75 Å². The Labute approximate surface area is 158 Å².